The maximum absolute atomic E-state index is 6.17. The first-order chi connectivity index (χ1) is 18.5. The SMILES string of the molecule is CC(C)c1ccnc(-n2c3ccccc3c3ccc(-c4cccc(Oc5cccc(C(C)C)n5)c4)cc32)c1. The minimum Gasteiger partial charge on any atom is -0.439 e. The Balaban J connectivity index is 1.45. The van der Waals surface area contributed by atoms with Crippen LogP contribution in [0.1, 0.15) is 50.8 Å². The number of para-hydroxylation sites is 1. The van der Waals surface area contributed by atoms with Crippen LogP contribution in [0, 0.1) is 0 Å². The third-order valence-electron chi connectivity index (χ3n) is 7.07. The van der Waals surface area contributed by atoms with E-state index in [9.17, 15) is 0 Å². The molecule has 3 heterocycles. The molecule has 0 saturated carbocycles. The van der Waals surface area contributed by atoms with Crippen molar-refractivity contribution in [1.82, 2.24) is 14.5 Å². The molecule has 3 aromatic heterocycles. The Morgan fingerprint density at radius 2 is 1.45 bits per heavy atom. The summed E-state index contributed by atoms with van der Waals surface area (Å²) < 4.78 is 8.45. The molecule has 4 nitrogen and oxygen atoms in total. The lowest BCUT2D eigenvalue weighted by molar-refractivity contribution is 0.460. The fourth-order valence-electron chi connectivity index (χ4n) is 4.98. The molecule has 0 N–H and O–H groups in total. The fourth-order valence-corrected chi connectivity index (χ4v) is 4.98. The van der Waals surface area contributed by atoms with Crippen molar-refractivity contribution in [1.29, 1.82) is 0 Å². The van der Waals surface area contributed by atoms with Crippen molar-refractivity contribution >= 4 is 21.8 Å². The Kier molecular flexibility index (Phi) is 6.16. The quantitative estimate of drug-likeness (QED) is 0.230. The van der Waals surface area contributed by atoms with Gasteiger partial charge < -0.3 is 4.74 Å². The van der Waals surface area contributed by atoms with Gasteiger partial charge in [0.1, 0.15) is 11.6 Å². The van der Waals surface area contributed by atoms with Gasteiger partial charge in [-0.1, -0.05) is 76.2 Å². The number of pyridine rings is 2. The second-order valence-corrected chi connectivity index (χ2v) is 10.4. The van der Waals surface area contributed by atoms with Gasteiger partial charge in [0.25, 0.3) is 0 Å². The standard InChI is InChI=1S/C34H31N3O/c1-22(2)24-17-18-35-33(21-24)37-31-13-6-5-11-28(31)29-16-15-26(20-32(29)37)25-9-7-10-27(19-25)38-34-14-8-12-30(36-34)23(3)4/h5-23H,1-4H3. The average Bonchev–Trinajstić information content (AvgIpc) is 3.27. The molecular weight excluding hydrogens is 466 g/mol. The van der Waals surface area contributed by atoms with E-state index in [1.165, 1.54) is 16.3 Å². The number of rotatable bonds is 6. The van der Waals surface area contributed by atoms with E-state index in [4.69, 9.17) is 9.72 Å². The zero-order valence-electron chi connectivity index (χ0n) is 22.2. The predicted octanol–water partition coefficient (Wildman–Crippen LogP) is 9.28. The molecule has 6 aromatic rings. The van der Waals surface area contributed by atoms with Gasteiger partial charge in [-0.25, -0.2) is 9.97 Å². The van der Waals surface area contributed by atoms with Crippen LogP contribution in [0.5, 0.6) is 11.6 Å². The number of aromatic nitrogens is 3. The molecule has 0 saturated heterocycles. The van der Waals surface area contributed by atoms with Crippen LogP contribution in [0.25, 0.3) is 38.8 Å². The van der Waals surface area contributed by atoms with E-state index in [1.807, 2.05) is 36.5 Å². The van der Waals surface area contributed by atoms with Crippen LogP contribution < -0.4 is 4.74 Å². The predicted molar refractivity (Wildman–Crippen MR) is 157 cm³/mol. The second-order valence-electron chi connectivity index (χ2n) is 10.4. The number of benzene rings is 3. The Labute approximate surface area is 223 Å². The lowest BCUT2D eigenvalue weighted by Crippen LogP contribution is -1.99. The summed E-state index contributed by atoms with van der Waals surface area (Å²) >= 11 is 0. The monoisotopic (exact) mass is 497 g/mol. The van der Waals surface area contributed by atoms with Gasteiger partial charge in [0.2, 0.25) is 5.88 Å². The zero-order valence-corrected chi connectivity index (χ0v) is 22.2. The van der Waals surface area contributed by atoms with Crippen LogP contribution in [-0.4, -0.2) is 14.5 Å². The maximum atomic E-state index is 6.17. The Hall–Kier alpha value is -4.44. The molecule has 188 valence electrons. The molecule has 0 aliphatic rings. The third kappa shape index (κ3) is 4.43. The molecular formula is C34H31N3O. The number of fused-ring (bicyclic) bond motifs is 3. The molecule has 0 spiro atoms. The molecule has 0 radical (unpaired) electrons. The summed E-state index contributed by atoms with van der Waals surface area (Å²) in [6.45, 7) is 8.70. The van der Waals surface area contributed by atoms with E-state index in [2.05, 4.69) is 104 Å². The van der Waals surface area contributed by atoms with Crippen molar-refractivity contribution in [2.45, 2.75) is 39.5 Å². The summed E-state index contributed by atoms with van der Waals surface area (Å²) in [6.07, 6.45) is 1.91. The van der Waals surface area contributed by atoms with E-state index < -0.39 is 0 Å². The molecule has 0 aliphatic heterocycles. The first kappa shape index (κ1) is 23.9. The number of nitrogens with zero attached hydrogens (tertiary/aromatic N) is 3. The van der Waals surface area contributed by atoms with Crippen molar-refractivity contribution in [2.75, 3.05) is 0 Å². The summed E-state index contributed by atoms with van der Waals surface area (Å²) in [5.74, 6) is 3.09. The molecule has 0 amide bonds. The minimum atomic E-state index is 0.346. The highest BCUT2D eigenvalue weighted by Crippen LogP contribution is 2.35. The topological polar surface area (TPSA) is 39.9 Å². The highest BCUT2D eigenvalue weighted by Gasteiger charge is 2.15. The van der Waals surface area contributed by atoms with Crippen LogP contribution in [0.3, 0.4) is 0 Å². The van der Waals surface area contributed by atoms with E-state index in [0.717, 1.165) is 39.4 Å². The van der Waals surface area contributed by atoms with Gasteiger partial charge in [-0.2, -0.15) is 0 Å². The van der Waals surface area contributed by atoms with Crippen molar-refractivity contribution < 1.29 is 4.74 Å². The lowest BCUT2D eigenvalue weighted by Gasteiger charge is -2.12. The molecule has 0 bridgehead atoms. The van der Waals surface area contributed by atoms with Gasteiger partial charge in [0, 0.05) is 28.7 Å². The third-order valence-corrected chi connectivity index (χ3v) is 7.07. The van der Waals surface area contributed by atoms with Gasteiger partial charge in [0.15, 0.2) is 0 Å². The summed E-state index contributed by atoms with van der Waals surface area (Å²) in [5, 5.41) is 2.43. The summed E-state index contributed by atoms with van der Waals surface area (Å²) in [7, 11) is 0. The van der Waals surface area contributed by atoms with Crippen molar-refractivity contribution in [2.24, 2.45) is 0 Å². The Morgan fingerprint density at radius 1 is 0.658 bits per heavy atom. The van der Waals surface area contributed by atoms with Crippen molar-refractivity contribution in [3.05, 3.63) is 115 Å². The van der Waals surface area contributed by atoms with Gasteiger partial charge in [-0.3, -0.25) is 4.57 Å². The van der Waals surface area contributed by atoms with Crippen LogP contribution >= 0.6 is 0 Å². The molecule has 0 atom stereocenters. The molecule has 0 aliphatic carbocycles. The van der Waals surface area contributed by atoms with Gasteiger partial charge in [0.05, 0.1) is 11.0 Å². The first-order valence-electron chi connectivity index (χ1n) is 13.2. The van der Waals surface area contributed by atoms with Gasteiger partial charge in [-0.05, 0) is 71.0 Å². The number of hydrogen-bond acceptors (Lipinski definition) is 3. The Morgan fingerprint density at radius 3 is 2.29 bits per heavy atom. The van der Waals surface area contributed by atoms with Crippen molar-refractivity contribution in [3.63, 3.8) is 0 Å². The van der Waals surface area contributed by atoms with Gasteiger partial charge >= 0.3 is 0 Å². The largest absolute Gasteiger partial charge is 0.439 e. The average molecular weight is 498 g/mol. The molecule has 3 aromatic carbocycles. The van der Waals surface area contributed by atoms with Crippen LogP contribution in [-0.2, 0) is 0 Å². The van der Waals surface area contributed by atoms with E-state index in [-0.39, 0.29) is 0 Å². The second kappa shape index (κ2) is 9.79. The van der Waals surface area contributed by atoms with E-state index >= 15 is 0 Å². The van der Waals surface area contributed by atoms with Crippen LogP contribution in [0.4, 0.5) is 0 Å². The zero-order chi connectivity index (χ0) is 26.2. The first-order valence-corrected chi connectivity index (χ1v) is 13.2. The molecule has 38 heavy (non-hydrogen) atoms. The fraction of sp³-hybridized carbons (Fsp3) is 0.176. The highest BCUT2D eigenvalue weighted by molar-refractivity contribution is 6.10. The van der Waals surface area contributed by atoms with Gasteiger partial charge in [-0.15, -0.1) is 0 Å². The highest BCUT2D eigenvalue weighted by atomic mass is 16.5. The maximum Gasteiger partial charge on any atom is 0.219 e. The van der Waals surface area contributed by atoms with Crippen LogP contribution in [0.2, 0.25) is 0 Å². The molecule has 0 unspecified atom stereocenters. The number of hydrogen-bond donors (Lipinski definition) is 0. The minimum absolute atomic E-state index is 0.346. The van der Waals surface area contributed by atoms with Crippen LogP contribution in [0.15, 0.2) is 103 Å². The smallest absolute Gasteiger partial charge is 0.219 e. The molecule has 6 rings (SSSR count). The Bertz CT molecular complexity index is 1760. The summed E-state index contributed by atoms with van der Waals surface area (Å²) in [5.41, 5.74) is 6.79. The number of ether oxygens (including phenoxy) is 1. The lowest BCUT2D eigenvalue weighted by atomic mass is 10.0. The summed E-state index contributed by atoms with van der Waals surface area (Å²) in [4.78, 5) is 9.45. The molecule has 0 fully saturated rings. The van der Waals surface area contributed by atoms with Crippen molar-refractivity contribution in [3.8, 4) is 28.6 Å². The molecule has 4 heteroatoms. The summed E-state index contributed by atoms with van der Waals surface area (Å²) in [6, 6.07) is 33.7. The normalized spacial score (nSPS) is 11.6. The van der Waals surface area contributed by atoms with E-state index in [1.54, 1.807) is 0 Å². The van der Waals surface area contributed by atoms with E-state index in [0.29, 0.717) is 17.7 Å².